The lowest BCUT2D eigenvalue weighted by Crippen LogP contribution is -2.34. The van der Waals surface area contributed by atoms with E-state index < -0.39 is 35.2 Å². The van der Waals surface area contributed by atoms with E-state index in [4.69, 9.17) is 14.2 Å². The zero-order chi connectivity index (χ0) is 14.3. The molecule has 1 aromatic rings. The van der Waals surface area contributed by atoms with Gasteiger partial charge in [0, 0.05) is 12.1 Å². The Kier molecular flexibility index (Phi) is 3.28. The maximum Gasteiger partial charge on any atom is 0.311 e. The first-order chi connectivity index (χ1) is 9.56. The Balaban J connectivity index is 1.81. The predicted octanol–water partition coefficient (Wildman–Crippen LogP) is 0.640. The number of halogens is 1. The summed E-state index contributed by atoms with van der Waals surface area (Å²) in [5.41, 5.74) is -0.326. The van der Waals surface area contributed by atoms with E-state index in [1.54, 1.807) is 0 Å². The molecule has 0 saturated carbocycles. The summed E-state index contributed by atoms with van der Waals surface area (Å²) in [5.74, 6) is -0.803. The van der Waals surface area contributed by atoms with Gasteiger partial charge in [0.15, 0.2) is 11.9 Å². The molecule has 108 valence electrons. The Hall–Kier alpha value is -1.77. The highest BCUT2D eigenvalue weighted by Gasteiger charge is 2.48. The van der Waals surface area contributed by atoms with Gasteiger partial charge in [-0.1, -0.05) is 0 Å². The van der Waals surface area contributed by atoms with Crippen LogP contribution in [0.1, 0.15) is 0 Å². The molecule has 0 bridgehead atoms. The van der Waals surface area contributed by atoms with Crippen LogP contribution in [0, 0.1) is 15.9 Å². The lowest BCUT2D eigenvalue weighted by Gasteiger charge is -2.17. The van der Waals surface area contributed by atoms with E-state index in [0.717, 1.165) is 18.2 Å². The highest BCUT2D eigenvalue weighted by atomic mass is 19.1. The Bertz CT molecular complexity index is 539. The molecule has 0 aliphatic carbocycles. The van der Waals surface area contributed by atoms with Gasteiger partial charge in [0.1, 0.15) is 24.1 Å². The minimum absolute atomic E-state index is 0.125. The predicted molar refractivity (Wildman–Crippen MR) is 63.0 cm³/mol. The van der Waals surface area contributed by atoms with Crippen molar-refractivity contribution in [1.29, 1.82) is 0 Å². The molecule has 7 nitrogen and oxygen atoms in total. The first-order valence-corrected chi connectivity index (χ1v) is 6.08. The summed E-state index contributed by atoms with van der Waals surface area (Å²) in [4.78, 5) is 10.2. The highest BCUT2D eigenvalue weighted by molar-refractivity contribution is 5.46. The number of nitro benzene ring substituents is 1. The molecular weight excluding hydrogens is 273 g/mol. The Morgan fingerprint density at radius 2 is 2.10 bits per heavy atom. The first kappa shape index (κ1) is 13.2. The molecule has 2 aliphatic heterocycles. The van der Waals surface area contributed by atoms with E-state index in [-0.39, 0.29) is 24.7 Å². The smallest absolute Gasteiger partial charge is 0.311 e. The number of hydrogen-bond acceptors (Lipinski definition) is 6. The molecule has 0 amide bonds. The van der Waals surface area contributed by atoms with Crippen LogP contribution < -0.4 is 4.74 Å². The van der Waals surface area contributed by atoms with Crippen molar-refractivity contribution in [2.45, 2.75) is 24.4 Å². The van der Waals surface area contributed by atoms with Gasteiger partial charge < -0.3 is 19.3 Å². The second-order valence-electron chi connectivity index (χ2n) is 4.69. The molecule has 1 N–H and O–H groups in total. The molecule has 2 fully saturated rings. The molecule has 2 heterocycles. The molecular formula is C12H12FNO6. The van der Waals surface area contributed by atoms with E-state index in [2.05, 4.69) is 0 Å². The molecule has 0 radical (unpaired) electrons. The normalized spacial score (nSPS) is 32.1. The fourth-order valence-corrected chi connectivity index (χ4v) is 2.44. The second-order valence-corrected chi connectivity index (χ2v) is 4.69. The van der Waals surface area contributed by atoms with E-state index in [0.29, 0.717) is 0 Å². The summed E-state index contributed by atoms with van der Waals surface area (Å²) in [6.07, 6.45) is -2.37. The molecule has 0 spiro atoms. The average Bonchev–Trinajstić information content (AvgIpc) is 2.94. The standard InChI is InChI=1S/C12H12FNO6/c13-6-1-2-7(14(16)17)9(3-6)20-10-5-19-11-8(15)4-18-12(10)11/h1-3,8,10-12,15H,4-5H2/t8-,10+,11+,12+/m0/s1. The van der Waals surface area contributed by atoms with Crippen molar-refractivity contribution in [1.82, 2.24) is 0 Å². The molecule has 3 rings (SSSR count). The topological polar surface area (TPSA) is 91.1 Å². The van der Waals surface area contributed by atoms with Crippen molar-refractivity contribution in [2.75, 3.05) is 13.2 Å². The molecule has 8 heteroatoms. The van der Waals surface area contributed by atoms with Gasteiger partial charge in [-0.3, -0.25) is 10.1 Å². The van der Waals surface area contributed by atoms with E-state index in [9.17, 15) is 19.6 Å². The largest absolute Gasteiger partial charge is 0.478 e. The zero-order valence-electron chi connectivity index (χ0n) is 10.3. The highest BCUT2D eigenvalue weighted by Crippen LogP contribution is 2.33. The van der Waals surface area contributed by atoms with Gasteiger partial charge in [0.25, 0.3) is 0 Å². The Labute approximate surface area is 113 Å². The van der Waals surface area contributed by atoms with Crippen LogP contribution in [-0.2, 0) is 9.47 Å². The van der Waals surface area contributed by atoms with Gasteiger partial charge in [-0.15, -0.1) is 0 Å². The minimum atomic E-state index is -0.740. The van der Waals surface area contributed by atoms with Gasteiger partial charge in [-0.05, 0) is 6.07 Å². The van der Waals surface area contributed by atoms with Gasteiger partial charge in [-0.25, -0.2) is 4.39 Å². The number of aliphatic hydroxyl groups excluding tert-OH is 1. The van der Waals surface area contributed by atoms with Crippen molar-refractivity contribution in [2.24, 2.45) is 0 Å². The van der Waals surface area contributed by atoms with Gasteiger partial charge in [0.2, 0.25) is 0 Å². The van der Waals surface area contributed by atoms with Crippen LogP contribution in [-0.4, -0.2) is 47.7 Å². The lowest BCUT2D eigenvalue weighted by molar-refractivity contribution is -0.386. The van der Waals surface area contributed by atoms with Crippen LogP contribution in [0.25, 0.3) is 0 Å². The lowest BCUT2D eigenvalue weighted by atomic mass is 10.1. The van der Waals surface area contributed by atoms with Crippen LogP contribution in [0.15, 0.2) is 18.2 Å². The Morgan fingerprint density at radius 3 is 2.85 bits per heavy atom. The third-order valence-electron chi connectivity index (χ3n) is 3.38. The fraction of sp³-hybridized carbons (Fsp3) is 0.500. The number of nitro groups is 1. The van der Waals surface area contributed by atoms with Crippen molar-refractivity contribution in [3.8, 4) is 5.75 Å². The molecule has 20 heavy (non-hydrogen) atoms. The van der Waals surface area contributed by atoms with E-state index >= 15 is 0 Å². The maximum absolute atomic E-state index is 13.2. The van der Waals surface area contributed by atoms with Crippen LogP contribution >= 0.6 is 0 Å². The van der Waals surface area contributed by atoms with Crippen molar-refractivity contribution in [3.05, 3.63) is 34.1 Å². The molecule has 0 unspecified atom stereocenters. The number of nitrogens with zero attached hydrogens (tertiary/aromatic N) is 1. The first-order valence-electron chi connectivity index (χ1n) is 6.08. The summed E-state index contributed by atoms with van der Waals surface area (Å²) in [6, 6.07) is 2.99. The summed E-state index contributed by atoms with van der Waals surface area (Å²) in [6.45, 7) is 0.250. The number of hydrogen-bond donors (Lipinski definition) is 1. The van der Waals surface area contributed by atoms with Crippen LogP contribution in [0.3, 0.4) is 0 Å². The third-order valence-corrected chi connectivity index (χ3v) is 3.38. The van der Waals surface area contributed by atoms with Crippen molar-refractivity contribution in [3.63, 3.8) is 0 Å². The van der Waals surface area contributed by atoms with Crippen LogP contribution in [0.2, 0.25) is 0 Å². The van der Waals surface area contributed by atoms with E-state index in [1.807, 2.05) is 0 Å². The number of fused-ring (bicyclic) bond motifs is 1. The van der Waals surface area contributed by atoms with Gasteiger partial charge in [-0.2, -0.15) is 0 Å². The summed E-state index contributed by atoms with van der Waals surface area (Å²) in [5, 5.41) is 20.5. The van der Waals surface area contributed by atoms with Gasteiger partial charge >= 0.3 is 5.69 Å². The second kappa shape index (κ2) is 4.97. The average molecular weight is 285 g/mol. The monoisotopic (exact) mass is 285 g/mol. The fourth-order valence-electron chi connectivity index (χ4n) is 2.44. The molecule has 2 saturated heterocycles. The number of rotatable bonds is 3. The summed E-state index contributed by atoms with van der Waals surface area (Å²) >= 11 is 0. The molecule has 4 atom stereocenters. The van der Waals surface area contributed by atoms with Crippen LogP contribution in [0.4, 0.5) is 10.1 Å². The number of ether oxygens (including phenoxy) is 3. The quantitative estimate of drug-likeness (QED) is 0.647. The third kappa shape index (κ3) is 2.21. The molecule has 2 aliphatic rings. The summed E-state index contributed by atoms with van der Waals surface area (Å²) in [7, 11) is 0. The number of benzene rings is 1. The molecule has 1 aromatic carbocycles. The van der Waals surface area contributed by atoms with Gasteiger partial charge in [0.05, 0.1) is 18.1 Å². The van der Waals surface area contributed by atoms with Crippen LogP contribution in [0.5, 0.6) is 5.75 Å². The Morgan fingerprint density at radius 1 is 1.35 bits per heavy atom. The SMILES string of the molecule is O=[N+]([O-])c1ccc(F)cc1O[C@@H]1CO[C@H]2[C@@H]1OC[C@@H]2O. The molecule has 0 aromatic heterocycles. The van der Waals surface area contributed by atoms with E-state index in [1.165, 1.54) is 0 Å². The summed E-state index contributed by atoms with van der Waals surface area (Å²) < 4.78 is 29.4. The maximum atomic E-state index is 13.2. The van der Waals surface area contributed by atoms with Crippen molar-refractivity contribution >= 4 is 5.69 Å². The van der Waals surface area contributed by atoms with Crippen molar-refractivity contribution < 1.29 is 28.6 Å². The minimum Gasteiger partial charge on any atom is -0.478 e. The number of aliphatic hydroxyl groups is 1. The zero-order valence-corrected chi connectivity index (χ0v) is 10.3.